The van der Waals surface area contributed by atoms with Crippen LogP contribution in [0.3, 0.4) is 0 Å². The van der Waals surface area contributed by atoms with Gasteiger partial charge in [-0.15, -0.1) is 11.8 Å². The zero-order chi connectivity index (χ0) is 9.97. The van der Waals surface area contributed by atoms with Gasteiger partial charge in [0.15, 0.2) is 0 Å². The summed E-state index contributed by atoms with van der Waals surface area (Å²) < 4.78 is 0. The minimum atomic E-state index is 0.136. The number of rotatable bonds is 0. The van der Waals surface area contributed by atoms with Gasteiger partial charge < -0.3 is 5.32 Å². The van der Waals surface area contributed by atoms with Crippen LogP contribution in [0.4, 0.5) is 5.69 Å². The number of nitrogens with one attached hydrogen (secondary N) is 1. The van der Waals surface area contributed by atoms with E-state index in [0.717, 1.165) is 17.9 Å². The maximum Gasteiger partial charge on any atom is 0.224 e. The number of aryl methyl sites for hydroxylation is 1. The van der Waals surface area contributed by atoms with Crippen LogP contribution in [-0.2, 0) is 4.79 Å². The Kier molecular flexibility index (Phi) is 2.77. The molecule has 1 aromatic rings. The molecule has 0 radical (unpaired) electrons. The van der Waals surface area contributed by atoms with Gasteiger partial charge in [-0.3, -0.25) is 4.79 Å². The molecule has 1 N–H and O–H groups in total. The summed E-state index contributed by atoms with van der Waals surface area (Å²) in [5.41, 5.74) is 2.16. The summed E-state index contributed by atoms with van der Waals surface area (Å²) in [5.74, 6) is 1.17. The minimum absolute atomic E-state index is 0.136. The van der Waals surface area contributed by atoms with E-state index in [1.807, 2.05) is 24.8 Å². The highest BCUT2D eigenvalue weighted by Crippen LogP contribution is 2.30. The van der Waals surface area contributed by atoms with E-state index in [9.17, 15) is 4.79 Å². The summed E-state index contributed by atoms with van der Waals surface area (Å²) in [6, 6.07) is 6.20. The zero-order valence-corrected chi connectivity index (χ0v) is 8.99. The van der Waals surface area contributed by atoms with E-state index >= 15 is 0 Å². The Morgan fingerprint density at radius 3 is 3.14 bits per heavy atom. The monoisotopic (exact) mass is 207 g/mol. The highest BCUT2D eigenvalue weighted by Gasteiger charge is 2.11. The molecule has 3 heteroatoms. The van der Waals surface area contributed by atoms with Gasteiger partial charge in [-0.1, -0.05) is 6.07 Å². The van der Waals surface area contributed by atoms with Gasteiger partial charge in [0.05, 0.1) is 5.69 Å². The van der Waals surface area contributed by atoms with Crippen LogP contribution in [0.15, 0.2) is 23.1 Å². The van der Waals surface area contributed by atoms with Gasteiger partial charge in [-0.05, 0) is 36.8 Å². The molecule has 2 rings (SSSR count). The number of hydrogen-bond donors (Lipinski definition) is 1. The number of benzene rings is 1. The van der Waals surface area contributed by atoms with Gasteiger partial charge in [0.2, 0.25) is 5.91 Å². The first-order valence-electron chi connectivity index (χ1n) is 4.79. The van der Waals surface area contributed by atoms with E-state index in [-0.39, 0.29) is 5.91 Å². The van der Waals surface area contributed by atoms with E-state index < -0.39 is 0 Å². The van der Waals surface area contributed by atoms with E-state index in [2.05, 4.69) is 17.4 Å². The van der Waals surface area contributed by atoms with Gasteiger partial charge in [0.25, 0.3) is 0 Å². The molecule has 0 unspecified atom stereocenters. The molecular formula is C11H13NOS. The van der Waals surface area contributed by atoms with Crippen LogP contribution in [0.2, 0.25) is 0 Å². The smallest absolute Gasteiger partial charge is 0.224 e. The fourth-order valence-electron chi connectivity index (χ4n) is 1.49. The van der Waals surface area contributed by atoms with Crippen LogP contribution >= 0.6 is 11.8 Å². The van der Waals surface area contributed by atoms with Crippen molar-refractivity contribution in [2.75, 3.05) is 11.1 Å². The lowest BCUT2D eigenvalue weighted by Crippen LogP contribution is -2.14. The summed E-state index contributed by atoms with van der Waals surface area (Å²) in [6.45, 7) is 2.04. The third-order valence-electron chi connectivity index (χ3n) is 2.21. The number of carbonyl (C=O) groups excluding carboxylic acids is 1. The van der Waals surface area contributed by atoms with Crippen LogP contribution in [0.1, 0.15) is 18.4 Å². The standard InChI is InChI=1S/C11H13NOS/c1-8-4-5-10-9(7-8)12-11(13)3-2-6-14-10/h4-5,7H,2-3,6H2,1H3,(H,12,13). The van der Waals surface area contributed by atoms with Crippen molar-refractivity contribution < 1.29 is 4.79 Å². The molecule has 1 aliphatic heterocycles. The van der Waals surface area contributed by atoms with Crippen LogP contribution in [-0.4, -0.2) is 11.7 Å². The van der Waals surface area contributed by atoms with Crippen molar-refractivity contribution in [1.82, 2.24) is 0 Å². The topological polar surface area (TPSA) is 29.1 Å². The predicted octanol–water partition coefficient (Wildman–Crippen LogP) is 2.82. The lowest BCUT2D eigenvalue weighted by atomic mass is 10.2. The Morgan fingerprint density at radius 1 is 1.43 bits per heavy atom. The fraction of sp³-hybridized carbons (Fsp3) is 0.364. The molecule has 0 aromatic heterocycles. The second-order valence-electron chi connectivity index (χ2n) is 3.50. The van der Waals surface area contributed by atoms with Gasteiger partial charge in [-0.2, -0.15) is 0 Å². The Bertz CT molecular complexity index is 362. The Morgan fingerprint density at radius 2 is 2.29 bits per heavy atom. The minimum Gasteiger partial charge on any atom is -0.325 e. The molecule has 0 aliphatic carbocycles. The van der Waals surface area contributed by atoms with Crippen molar-refractivity contribution in [3.05, 3.63) is 23.8 Å². The Balaban J connectivity index is 2.34. The molecule has 1 aromatic carbocycles. The number of amides is 1. The van der Waals surface area contributed by atoms with E-state index in [4.69, 9.17) is 0 Å². The quantitative estimate of drug-likeness (QED) is 0.708. The molecule has 2 nitrogen and oxygen atoms in total. The van der Waals surface area contributed by atoms with Crippen LogP contribution in [0.5, 0.6) is 0 Å². The Hall–Kier alpha value is -0.960. The van der Waals surface area contributed by atoms with Crippen molar-refractivity contribution in [2.45, 2.75) is 24.7 Å². The number of thioether (sulfide) groups is 1. The van der Waals surface area contributed by atoms with Crippen molar-refractivity contribution in [1.29, 1.82) is 0 Å². The first-order valence-corrected chi connectivity index (χ1v) is 5.77. The molecule has 0 bridgehead atoms. The molecule has 74 valence electrons. The molecule has 0 saturated carbocycles. The first-order chi connectivity index (χ1) is 6.75. The number of anilines is 1. The summed E-state index contributed by atoms with van der Waals surface area (Å²) in [4.78, 5) is 12.6. The average molecular weight is 207 g/mol. The number of carbonyl (C=O) groups is 1. The Labute approximate surface area is 88.1 Å². The van der Waals surface area contributed by atoms with Crippen molar-refractivity contribution in [2.24, 2.45) is 0 Å². The van der Waals surface area contributed by atoms with Crippen molar-refractivity contribution in [3.8, 4) is 0 Å². The lowest BCUT2D eigenvalue weighted by molar-refractivity contribution is -0.116. The predicted molar refractivity (Wildman–Crippen MR) is 59.8 cm³/mol. The van der Waals surface area contributed by atoms with E-state index in [1.54, 1.807) is 0 Å². The third-order valence-corrected chi connectivity index (χ3v) is 3.37. The van der Waals surface area contributed by atoms with Crippen LogP contribution in [0.25, 0.3) is 0 Å². The van der Waals surface area contributed by atoms with Crippen molar-refractivity contribution in [3.63, 3.8) is 0 Å². The molecule has 14 heavy (non-hydrogen) atoms. The second kappa shape index (κ2) is 4.05. The first kappa shape index (κ1) is 9.59. The summed E-state index contributed by atoms with van der Waals surface area (Å²) in [7, 11) is 0. The molecular weight excluding hydrogens is 194 g/mol. The van der Waals surface area contributed by atoms with Gasteiger partial charge >= 0.3 is 0 Å². The summed E-state index contributed by atoms with van der Waals surface area (Å²) in [6.07, 6.45) is 1.60. The number of fused-ring (bicyclic) bond motifs is 1. The van der Waals surface area contributed by atoms with E-state index in [1.165, 1.54) is 10.5 Å². The maximum absolute atomic E-state index is 11.4. The van der Waals surface area contributed by atoms with Crippen LogP contribution < -0.4 is 5.32 Å². The summed E-state index contributed by atoms with van der Waals surface area (Å²) >= 11 is 1.82. The molecule has 0 saturated heterocycles. The SMILES string of the molecule is Cc1ccc2c(c1)NC(=O)CCCS2. The van der Waals surface area contributed by atoms with Gasteiger partial charge in [0.1, 0.15) is 0 Å². The third kappa shape index (κ3) is 2.10. The number of hydrogen-bond acceptors (Lipinski definition) is 2. The molecule has 1 heterocycles. The molecule has 1 amide bonds. The summed E-state index contributed by atoms with van der Waals surface area (Å²) in [5, 5.41) is 2.94. The normalized spacial score (nSPS) is 16.5. The largest absolute Gasteiger partial charge is 0.325 e. The fourth-order valence-corrected chi connectivity index (χ4v) is 2.43. The zero-order valence-electron chi connectivity index (χ0n) is 8.17. The second-order valence-corrected chi connectivity index (χ2v) is 4.64. The molecule has 0 spiro atoms. The average Bonchev–Trinajstić information content (AvgIpc) is 2.12. The van der Waals surface area contributed by atoms with E-state index in [0.29, 0.717) is 6.42 Å². The highest BCUT2D eigenvalue weighted by atomic mass is 32.2. The molecule has 0 atom stereocenters. The molecule has 1 aliphatic rings. The van der Waals surface area contributed by atoms with Gasteiger partial charge in [0, 0.05) is 11.3 Å². The van der Waals surface area contributed by atoms with Crippen molar-refractivity contribution >= 4 is 23.4 Å². The van der Waals surface area contributed by atoms with Crippen LogP contribution in [0, 0.1) is 6.92 Å². The lowest BCUT2D eigenvalue weighted by Gasteiger charge is -2.14. The highest BCUT2D eigenvalue weighted by molar-refractivity contribution is 7.99. The maximum atomic E-state index is 11.4. The molecule has 0 fully saturated rings. The van der Waals surface area contributed by atoms with Gasteiger partial charge in [-0.25, -0.2) is 0 Å².